The molecule has 5 nitrogen and oxygen atoms in total. The summed E-state index contributed by atoms with van der Waals surface area (Å²) in [6, 6.07) is 0. The van der Waals surface area contributed by atoms with Crippen LogP contribution in [0.5, 0.6) is 0 Å². The fourth-order valence-corrected chi connectivity index (χ4v) is 2.72. The van der Waals surface area contributed by atoms with Gasteiger partial charge in [0.1, 0.15) is 6.29 Å². The lowest BCUT2D eigenvalue weighted by Gasteiger charge is -2.44. The van der Waals surface area contributed by atoms with Crippen LogP contribution in [0.1, 0.15) is 0 Å². The molecular formula is C11H14BrIO5. The second kappa shape index (κ2) is 6.58. The van der Waals surface area contributed by atoms with Crippen LogP contribution in [0.2, 0.25) is 0 Å². The Morgan fingerprint density at radius 2 is 2.11 bits per heavy atom. The van der Waals surface area contributed by atoms with Gasteiger partial charge in [-0.25, -0.2) is 0 Å². The van der Waals surface area contributed by atoms with Crippen LogP contribution in [0.15, 0.2) is 21.3 Å². The first-order valence-corrected chi connectivity index (χ1v) is 7.28. The number of allylic oxidation sites excluding steroid dienone is 2. The minimum absolute atomic E-state index is 0.259. The van der Waals surface area contributed by atoms with E-state index in [2.05, 4.69) is 15.9 Å². The highest BCUT2D eigenvalue weighted by Crippen LogP contribution is 2.43. The molecule has 0 aromatic heterocycles. The lowest BCUT2D eigenvalue weighted by Crippen LogP contribution is -2.59. The third-order valence-corrected chi connectivity index (χ3v) is 3.94. The van der Waals surface area contributed by atoms with Gasteiger partial charge in [-0.2, -0.15) is 0 Å². The second-order valence-corrected chi connectivity index (χ2v) is 5.47. The van der Waals surface area contributed by atoms with E-state index in [4.69, 9.17) is 14.2 Å². The predicted octanol–water partition coefficient (Wildman–Crippen LogP) is 1.53. The van der Waals surface area contributed by atoms with E-state index in [1.165, 1.54) is 26.4 Å². The Balaban J connectivity index is 3.25. The van der Waals surface area contributed by atoms with Gasteiger partial charge in [-0.05, 0) is 34.7 Å². The van der Waals surface area contributed by atoms with Gasteiger partial charge in [0.2, 0.25) is 5.79 Å². The number of methoxy groups -OCH3 is 2. The van der Waals surface area contributed by atoms with Gasteiger partial charge in [-0.15, -0.1) is 0 Å². The molecule has 0 amide bonds. The quantitative estimate of drug-likeness (QED) is 0.298. The highest BCUT2D eigenvalue weighted by Gasteiger charge is 2.56. The number of halogens is 2. The maximum atomic E-state index is 10.9. The smallest absolute Gasteiger partial charge is 0.258 e. The van der Waals surface area contributed by atoms with E-state index in [-0.39, 0.29) is 6.61 Å². The molecule has 1 rings (SSSR count). The molecule has 18 heavy (non-hydrogen) atoms. The molecule has 0 aromatic rings. The summed E-state index contributed by atoms with van der Waals surface area (Å²) in [5.41, 5.74) is 0.357. The van der Waals surface area contributed by atoms with Crippen molar-refractivity contribution >= 4 is 44.8 Å². The molecule has 7 heteroatoms. The van der Waals surface area contributed by atoms with Crippen molar-refractivity contribution in [2.45, 2.75) is 11.6 Å². The Morgan fingerprint density at radius 3 is 2.56 bits per heavy atom. The van der Waals surface area contributed by atoms with E-state index < -0.39 is 11.6 Å². The molecule has 1 aliphatic rings. The van der Waals surface area contributed by atoms with Crippen LogP contribution in [0.25, 0.3) is 0 Å². The fourth-order valence-electron chi connectivity index (χ4n) is 1.67. The largest absolute Gasteiger partial charge is 0.357 e. The molecule has 1 aliphatic carbocycles. The molecule has 0 bridgehead atoms. The minimum Gasteiger partial charge on any atom is -0.357 e. The average molecular weight is 433 g/mol. The van der Waals surface area contributed by atoms with Crippen molar-refractivity contribution in [1.29, 1.82) is 0 Å². The van der Waals surface area contributed by atoms with Gasteiger partial charge in [0.15, 0.2) is 0 Å². The maximum Gasteiger partial charge on any atom is 0.258 e. The molecule has 1 atom stereocenters. The summed E-state index contributed by atoms with van der Waals surface area (Å²) in [6.07, 6.45) is 3.59. The van der Waals surface area contributed by atoms with Crippen LogP contribution in [0.4, 0.5) is 0 Å². The predicted molar refractivity (Wildman–Crippen MR) is 77.7 cm³/mol. The van der Waals surface area contributed by atoms with Crippen molar-refractivity contribution in [3.8, 4) is 0 Å². The molecule has 0 heterocycles. The Kier molecular flexibility index (Phi) is 5.94. The van der Waals surface area contributed by atoms with Gasteiger partial charge < -0.3 is 19.3 Å². The van der Waals surface area contributed by atoms with Crippen molar-refractivity contribution in [3.63, 3.8) is 0 Å². The number of hydrogen-bond acceptors (Lipinski definition) is 5. The molecule has 1 N–H and O–H groups in total. The number of hydrogen-bond donors (Lipinski definition) is 1. The molecule has 0 fully saturated rings. The zero-order valence-electron chi connectivity index (χ0n) is 9.98. The lowest BCUT2D eigenvalue weighted by molar-refractivity contribution is -0.343. The Labute approximate surface area is 127 Å². The van der Waals surface area contributed by atoms with Crippen molar-refractivity contribution in [1.82, 2.24) is 0 Å². The van der Waals surface area contributed by atoms with Crippen molar-refractivity contribution in [3.05, 3.63) is 21.3 Å². The van der Waals surface area contributed by atoms with Gasteiger partial charge >= 0.3 is 0 Å². The second-order valence-electron chi connectivity index (χ2n) is 3.51. The van der Waals surface area contributed by atoms with Crippen LogP contribution >= 0.6 is 38.5 Å². The number of rotatable bonds is 6. The number of carbonyl (C=O) groups is 1. The van der Waals surface area contributed by atoms with Crippen molar-refractivity contribution in [2.24, 2.45) is 0 Å². The molecule has 1 unspecified atom stereocenters. The highest BCUT2D eigenvalue weighted by molar-refractivity contribution is 14.1. The van der Waals surface area contributed by atoms with Gasteiger partial charge in [-0.3, -0.25) is 4.79 Å². The van der Waals surface area contributed by atoms with E-state index >= 15 is 0 Å². The Hall–Kier alpha value is 0.200. The highest BCUT2D eigenvalue weighted by atomic mass is 127. The molecule has 0 saturated heterocycles. The summed E-state index contributed by atoms with van der Waals surface area (Å²) in [4.78, 5) is 10.9. The van der Waals surface area contributed by atoms with E-state index in [9.17, 15) is 9.90 Å². The molecule has 102 valence electrons. The Bertz CT molecular complexity index is 378. The molecule has 0 radical (unpaired) electrons. The first kappa shape index (κ1) is 16.3. The van der Waals surface area contributed by atoms with Crippen LogP contribution in [-0.2, 0) is 19.0 Å². The number of aliphatic hydroxyl groups is 1. The maximum absolute atomic E-state index is 10.9. The van der Waals surface area contributed by atoms with Gasteiger partial charge in [0.05, 0.1) is 10.2 Å². The minimum atomic E-state index is -1.78. The number of ether oxygens (including phenoxy) is 3. The van der Waals surface area contributed by atoms with Crippen molar-refractivity contribution in [2.75, 3.05) is 26.2 Å². The van der Waals surface area contributed by atoms with E-state index in [0.717, 1.165) is 0 Å². The zero-order chi connectivity index (χ0) is 13.8. The third-order valence-electron chi connectivity index (χ3n) is 2.58. The number of carbonyl (C=O) groups excluding carboxylic acids is 1. The van der Waals surface area contributed by atoms with Crippen LogP contribution in [0.3, 0.4) is 0 Å². The van der Waals surface area contributed by atoms with E-state index in [1.54, 1.807) is 0 Å². The van der Waals surface area contributed by atoms with Gasteiger partial charge in [0, 0.05) is 25.1 Å². The number of alkyl halides is 1. The Morgan fingerprint density at radius 1 is 1.50 bits per heavy atom. The molecular weight excluding hydrogens is 419 g/mol. The average Bonchev–Trinajstić information content (AvgIpc) is 2.39. The molecule has 0 aliphatic heterocycles. The molecule has 0 aromatic carbocycles. The van der Waals surface area contributed by atoms with Gasteiger partial charge in [-0.1, -0.05) is 15.9 Å². The lowest BCUT2D eigenvalue weighted by atomic mass is 9.95. The normalized spacial score (nSPS) is 26.5. The standard InChI is InChI=1S/C11H14BrIO5/c1-16-10(17-2)6-8(7-14)5-9(13)11(10,15)18-4-3-12/h5-7,15H,3-4H2,1-2H3. The van der Waals surface area contributed by atoms with Gasteiger partial charge in [0.25, 0.3) is 5.79 Å². The van der Waals surface area contributed by atoms with E-state index in [1.807, 2.05) is 22.6 Å². The summed E-state index contributed by atoms with van der Waals surface area (Å²) in [7, 11) is 2.75. The summed E-state index contributed by atoms with van der Waals surface area (Å²) >= 11 is 5.11. The zero-order valence-corrected chi connectivity index (χ0v) is 13.7. The monoisotopic (exact) mass is 432 g/mol. The van der Waals surface area contributed by atoms with Crippen LogP contribution < -0.4 is 0 Å². The third kappa shape index (κ3) is 2.70. The fraction of sp³-hybridized carbons (Fsp3) is 0.545. The summed E-state index contributed by atoms with van der Waals surface area (Å²) in [5, 5.41) is 11.2. The summed E-state index contributed by atoms with van der Waals surface area (Å²) in [6.45, 7) is 0.259. The van der Waals surface area contributed by atoms with Crippen molar-refractivity contribution < 1.29 is 24.1 Å². The summed E-state index contributed by atoms with van der Waals surface area (Å²) < 4.78 is 16.4. The molecule has 0 saturated carbocycles. The first-order chi connectivity index (χ1) is 8.49. The molecule has 0 spiro atoms. The van der Waals surface area contributed by atoms with Crippen LogP contribution in [-0.4, -0.2) is 49.1 Å². The topological polar surface area (TPSA) is 65.0 Å². The first-order valence-electron chi connectivity index (χ1n) is 5.08. The SMILES string of the molecule is COC1(OC)C=C(C=O)C=C(I)C1(O)OCCBr. The summed E-state index contributed by atoms with van der Waals surface area (Å²) in [5.74, 6) is -3.33. The van der Waals surface area contributed by atoms with Crippen LogP contribution in [0, 0.1) is 0 Å². The van der Waals surface area contributed by atoms with E-state index in [0.29, 0.717) is 20.8 Å². The number of aldehydes is 1.